The molecule has 184 valence electrons. The van der Waals surface area contributed by atoms with Crippen molar-refractivity contribution < 1.29 is 22.7 Å². The first-order valence-electron chi connectivity index (χ1n) is 11.3. The van der Waals surface area contributed by atoms with E-state index in [1.807, 2.05) is 11.8 Å². The number of anilines is 2. The van der Waals surface area contributed by atoms with Gasteiger partial charge in [-0.05, 0) is 30.7 Å². The van der Waals surface area contributed by atoms with Crippen LogP contribution in [-0.4, -0.2) is 81.0 Å². The number of hydrogen-bond donors (Lipinski definition) is 1. The molecule has 0 radical (unpaired) electrons. The average molecular weight is 492 g/mol. The maximum absolute atomic E-state index is 13.2. The molecule has 1 N–H and O–H groups in total. The Bertz CT molecular complexity index is 1190. The van der Waals surface area contributed by atoms with E-state index in [0.29, 0.717) is 63.9 Å². The molecule has 2 saturated heterocycles. The number of nitrogens with one attached hydrogen (secondary N) is 1. The Balaban J connectivity index is 1.68. The SMILES string of the molecule is CCCn1nc(C(=O)Nc2cc(S(=O)(=O)N3CCOCC3)ccc2N2CCOCC2)ccc1=O. The fourth-order valence-electron chi connectivity index (χ4n) is 3.92. The van der Waals surface area contributed by atoms with Gasteiger partial charge in [-0.1, -0.05) is 6.92 Å². The van der Waals surface area contributed by atoms with Crippen LogP contribution in [0, 0.1) is 0 Å². The van der Waals surface area contributed by atoms with E-state index < -0.39 is 15.9 Å². The van der Waals surface area contributed by atoms with Crippen LogP contribution in [0.4, 0.5) is 11.4 Å². The van der Waals surface area contributed by atoms with E-state index in [1.54, 1.807) is 12.1 Å². The summed E-state index contributed by atoms with van der Waals surface area (Å²) in [6.45, 7) is 5.83. The van der Waals surface area contributed by atoms with E-state index in [0.717, 1.165) is 0 Å². The predicted molar refractivity (Wildman–Crippen MR) is 126 cm³/mol. The second-order valence-electron chi connectivity index (χ2n) is 8.03. The molecule has 2 aliphatic heterocycles. The molecule has 2 aromatic rings. The van der Waals surface area contributed by atoms with Crippen molar-refractivity contribution in [3.63, 3.8) is 0 Å². The summed E-state index contributed by atoms with van der Waals surface area (Å²) < 4.78 is 39.8. The summed E-state index contributed by atoms with van der Waals surface area (Å²) in [5.41, 5.74) is 0.837. The molecular weight excluding hydrogens is 462 g/mol. The van der Waals surface area contributed by atoms with Gasteiger partial charge < -0.3 is 19.7 Å². The van der Waals surface area contributed by atoms with Crippen LogP contribution in [0.2, 0.25) is 0 Å². The highest BCUT2D eigenvalue weighted by Crippen LogP contribution is 2.31. The van der Waals surface area contributed by atoms with E-state index in [9.17, 15) is 18.0 Å². The van der Waals surface area contributed by atoms with Crippen molar-refractivity contribution in [2.75, 3.05) is 62.8 Å². The molecule has 0 spiro atoms. The Morgan fingerprint density at radius 2 is 1.71 bits per heavy atom. The number of carbonyl (C=O) groups is 1. The van der Waals surface area contributed by atoms with E-state index in [4.69, 9.17) is 9.47 Å². The molecule has 0 unspecified atom stereocenters. The van der Waals surface area contributed by atoms with Crippen LogP contribution in [0.25, 0.3) is 0 Å². The van der Waals surface area contributed by atoms with Crippen LogP contribution in [0.5, 0.6) is 0 Å². The van der Waals surface area contributed by atoms with Gasteiger partial charge in [0.1, 0.15) is 5.69 Å². The van der Waals surface area contributed by atoms with Gasteiger partial charge in [0.25, 0.3) is 11.5 Å². The van der Waals surface area contributed by atoms with E-state index in [-0.39, 0.29) is 29.2 Å². The smallest absolute Gasteiger partial charge is 0.276 e. The van der Waals surface area contributed by atoms with E-state index in [1.165, 1.54) is 27.2 Å². The zero-order valence-electron chi connectivity index (χ0n) is 19.1. The third kappa shape index (κ3) is 5.30. The molecule has 1 aromatic heterocycles. The number of ether oxygens (including phenoxy) is 2. The van der Waals surface area contributed by atoms with Crippen LogP contribution in [0.1, 0.15) is 23.8 Å². The first-order valence-corrected chi connectivity index (χ1v) is 12.8. The van der Waals surface area contributed by atoms with Crippen molar-refractivity contribution in [1.29, 1.82) is 0 Å². The molecule has 34 heavy (non-hydrogen) atoms. The van der Waals surface area contributed by atoms with Gasteiger partial charge >= 0.3 is 0 Å². The number of carbonyl (C=O) groups excluding carboxylic acids is 1. The number of rotatable bonds is 7. The minimum absolute atomic E-state index is 0.0717. The number of aromatic nitrogens is 2. The first kappa shape index (κ1) is 24.3. The fourth-order valence-corrected chi connectivity index (χ4v) is 5.35. The molecule has 1 aromatic carbocycles. The highest BCUT2D eigenvalue weighted by Gasteiger charge is 2.28. The monoisotopic (exact) mass is 491 g/mol. The van der Waals surface area contributed by atoms with Crippen LogP contribution in [0.3, 0.4) is 0 Å². The van der Waals surface area contributed by atoms with Crippen LogP contribution in [-0.2, 0) is 26.0 Å². The summed E-state index contributed by atoms with van der Waals surface area (Å²) in [7, 11) is -3.75. The van der Waals surface area contributed by atoms with Gasteiger partial charge in [0, 0.05) is 38.8 Å². The summed E-state index contributed by atoms with van der Waals surface area (Å²) in [5.74, 6) is -0.528. The van der Waals surface area contributed by atoms with Gasteiger partial charge in [-0.15, -0.1) is 0 Å². The molecule has 0 bridgehead atoms. The fraction of sp³-hybridized carbons (Fsp3) is 0.500. The number of nitrogens with zero attached hydrogens (tertiary/aromatic N) is 4. The second kappa shape index (κ2) is 10.6. The number of hydrogen-bond acceptors (Lipinski definition) is 8. The molecule has 11 nitrogen and oxygen atoms in total. The number of amides is 1. The lowest BCUT2D eigenvalue weighted by Crippen LogP contribution is -2.40. The van der Waals surface area contributed by atoms with Gasteiger partial charge in [-0.2, -0.15) is 9.40 Å². The third-order valence-corrected chi connectivity index (χ3v) is 7.61. The van der Waals surface area contributed by atoms with Crippen molar-refractivity contribution in [1.82, 2.24) is 14.1 Å². The lowest BCUT2D eigenvalue weighted by Gasteiger charge is -2.31. The Labute approximate surface area is 198 Å². The molecule has 0 saturated carbocycles. The summed E-state index contributed by atoms with van der Waals surface area (Å²) in [6, 6.07) is 7.42. The maximum atomic E-state index is 13.2. The number of benzene rings is 1. The molecule has 1 amide bonds. The second-order valence-corrected chi connectivity index (χ2v) is 9.97. The normalized spacial score (nSPS) is 17.5. The molecule has 2 aliphatic rings. The molecule has 2 fully saturated rings. The highest BCUT2D eigenvalue weighted by atomic mass is 32.2. The molecular formula is C22H29N5O6S. The Morgan fingerprint density at radius 3 is 2.38 bits per heavy atom. The van der Waals surface area contributed by atoms with Gasteiger partial charge in [-0.3, -0.25) is 9.59 Å². The Kier molecular flexibility index (Phi) is 7.61. The average Bonchev–Trinajstić information content (AvgIpc) is 2.86. The Morgan fingerprint density at radius 1 is 1.03 bits per heavy atom. The minimum Gasteiger partial charge on any atom is -0.379 e. The van der Waals surface area contributed by atoms with Gasteiger partial charge in [-0.25, -0.2) is 13.1 Å². The number of aryl methyl sites for hydroxylation is 1. The van der Waals surface area contributed by atoms with Crippen molar-refractivity contribution in [2.24, 2.45) is 0 Å². The van der Waals surface area contributed by atoms with Crippen molar-refractivity contribution in [3.05, 3.63) is 46.4 Å². The predicted octanol–water partition coefficient (Wildman–Crippen LogP) is 0.763. The molecule has 4 rings (SSSR count). The topological polar surface area (TPSA) is 123 Å². The van der Waals surface area contributed by atoms with Crippen molar-refractivity contribution in [2.45, 2.75) is 24.8 Å². The lowest BCUT2D eigenvalue weighted by molar-refractivity contribution is 0.0730. The van der Waals surface area contributed by atoms with Crippen LogP contribution >= 0.6 is 0 Å². The zero-order chi connectivity index (χ0) is 24.1. The summed E-state index contributed by atoms with van der Waals surface area (Å²) in [5, 5.41) is 6.98. The third-order valence-electron chi connectivity index (χ3n) is 5.71. The summed E-state index contributed by atoms with van der Waals surface area (Å²) in [4.78, 5) is 27.2. The largest absolute Gasteiger partial charge is 0.379 e. The molecule has 12 heteroatoms. The quantitative estimate of drug-likeness (QED) is 0.602. The van der Waals surface area contributed by atoms with E-state index >= 15 is 0 Å². The summed E-state index contributed by atoms with van der Waals surface area (Å²) in [6.07, 6.45) is 0.695. The van der Waals surface area contributed by atoms with Crippen LogP contribution in [0.15, 0.2) is 40.0 Å². The van der Waals surface area contributed by atoms with E-state index in [2.05, 4.69) is 10.4 Å². The van der Waals surface area contributed by atoms with Gasteiger partial charge in [0.05, 0.1) is 42.7 Å². The standard InChI is InChI=1S/C22H29N5O6S/c1-2-7-27-21(28)6-4-18(24-27)22(29)23-19-16-17(34(30,31)26-10-14-33-15-11-26)3-5-20(19)25-8-12-32-13-9-25/h3-6,16H,2,7-15H2,1H3,(H,23,29). The zero-order valence-corrected chi connectivity index (χ0v) is 19.9. The Hall–Kier alpha value is -2.80. The number of sulfonamides is 1. The highest BCUT2D eigenvalue weighted by molar-refractivity contribution is 7.89. The van der Waals surface area contributed by atoms with Gasteiger partial charge in [0.15, 0.2) is 0 Å². The van der Waals surface area contributed by atoms with Crippen LogP contribution < -0.4 is 15.8 Å². The minimum atomic E-state index is -3.75. The van der Waals surface area contributed by atoms with Crippen molar-refractivity contribution >= 4 is 27.3 Å². The van der Waals surface area contributed by atoms with Gasteiger partial charge in [0.2, 0.25) is 10.0 Å². The molecule has 0 atom stereocenters. The lowest BCUT2D eigenvalue weighted by atomic mass is 10.2. The maximum Gasteiger partial charge on any atom is 0.276 e. The van der Waals surface area contributed by atoms with Crippen molar-refractivity contribution in [3.8, 4) is 0 Å². The molecule has 3 heterocycles. The summed E-state index contributed by atoms with van der Waals surface area (Å²) >= 11 is 0. The molecule has 0 aliphatic carbocycles. The number of morpholine rings is 2. The first-order chi connectivity index (χ1) is 16.4.